The molecular formula is C32H31N5O3. The number of rotatable bonds is 10. The molecule has 1 aliphatic rings. The smallest absolute Gasteiger partial charge is 0.273 e. The Hall–Kier alpha value is -4.72. The molecule has 0 unspecified atom stereocenters. The van der Waals surface area contributed by atoms with E-state index in [1.54, 1.807) is 30.3 Å². The summed E-state index contributed by atoms with van der Waals surface area (Å²) in [5, 5.41) is 3.93. The molecule has 0 atom stereocenters. The van der Waals surface area contributed by atoms with Gasteiger partial charge in [0.25, 0.3) is 5.56 Å². The number of carbonyl (C=O) groups is 1. The maximum absolute atomic E-state index is 13.8. The van der Waals surface area contributed by atoms with Gasteiger partial charge in [0.15, 0.2) is 0 Å². The van der Waals surface area contributed by atoms with Gasteiger partial charge in [0.1, 0.15) is 18.0 Å². The van der Waals surface area contributed by atoms with Gasteiger partial charge >= 0.3 is 0 Å². The van der Waals surface area contributed by atoms with Gasteiger partial charge in [0.05, 0.1) is 25.5 Å². The molecule has 6 rings (SSSR count). The topological polar surface area (TPSA) is 102 Å². The van der Waals surface area contributed by atoms with E-state index in [2.05, 4.69) is 32.4 Å². The molecule has 1 amide bonds. The third-order valence-electron chi connectivity index (χ3n) is 7.83. The molecule has 2 N–H and O–H groups in total. The number of H-pyrrole nitrogens is 1. The Morgan fingerprint density at radius 1 is 1.07 bits per heavy atom. The fourth-order valence-corrected chi connectivity index (χ4v) is 5.36. The van der Waals surface area contributed by atoms with Gasteiger partial charge in [-0.2, -0.15) is 0 Å². The first-order valence-electron chi connectivity index (χ1n) is 13.5. The molecule has 202 valence electrons. The summed E-state index contributed by atoms with van der Waals surface area (Å²) in [7, 11) is 1.67. The lowest BCUT2D eigenvalue weighted by molar-refractivity contribution is -0.121. The van der Waals surface area contributed by atoms with E-state index in [1.807, 2.05) is 54.6 Å². The van der Waals surface area contributed by atoms with Crippen molar-refractivity contribution in [2.45, 2.75) is 44.2 Å². The van der Waals surface area contributed by atoms with E-state index >= 15 is 0 Å². The van der Waals surface area contributed by atoms with Gasteiger partial charge in [0.2, 0.25) is 5.91 Å². The van der Waals surface area contributed by atoms with Gasteiger partial charge in [-0.05, 0) is 66.5 Å². The maximum Gasteiger partial charge on any atom is 0.273 e. The molecule has 0 bridgehead atoms. The first kappa shape index (κ1) is 25.6. The molecule has 0 saturated heterocycles. The Morgan fingerprint density at radius 2 is 1.93 bits per heavy atom. The quantitative estimate of drug-likeness (QED) is 0.269. The number of aryl methyl sites for hydroxylation is 1. The van der Waals surface area contributed by atoms with Crippen molar-refractivity contribution in [3.8, 4) is 17.0 Å². The zero-order chi connectivity index (χ0) is 27.5. The monoisotopic (exact) mass is 533 g/mol. The number of fused-ring (bicyclic) bond motifs is 1. The third kappa shape index (κ3) is 5.25. The van der Waals surface area contributed by atoms with E-state index in [1.165, 1.54) is 5.56 Å². The fraction of sp³-hybridized carbons (Fsp3) is 0.250. The van der Waals surface area contributed by atoms with Crippen LogP contribution in [0.4, 0.5) is 0 Å². The average molecular weight is 534 g/mol. The first-order chi connectivity index (χ1) is 19.5. The molecule has 0 radical (unpaired) electrons. The summed E-state index contributed by atoms with van der Waals surface area (Å²) in [5.41, 5.74) is 4.81. The van der Waals surface area contributed by atoms with Crippen molar-refractivity contribution in [2.24, 2.45) is 0 Å². The van der Waals surface area contributed by atoms with Crippen molar-refractivity contribution in [1.29, 1.82) is 0 Å². The van der Waals surface area contributed by atoms with Crippen LogP contribution in [0.1, 0.15) is 36.2 Å². The minimum absolute atomic E-state index is 0.0398. The molecule has 1 saturated carbocycles. The Kier molecular flexibility index (Phi) is 6.90. The third-order valence-corrected chi connectivity index (χ3v) is 7.83. The highest BCUT2D eigenvalue weighted by atomic mass is 16.5. The van der Waals surface area contributed by atoms with Crippen LogP contribution in [0.5, 0.6) is 5.75 Å². The number of aromatic amines is 1. The van der Waals surface area contributed by atoms with Crippen molar-refractivity contribution in [2.75, 3.05) is 7.11 Å². The number of nitrogens with one attached hydrogen (secondary N) is 2. The van der Waals surface area contributed by atoms with Crippen molar-refractivity contribution < 1.29 is 9.53 Å². The number of methoxy groups -OCH3 is 1. The Balaban J connectivity index is 1.22. The van der Waals surface area contributed by atoms with Crippen LogP contribution in [0.25, 0.3) is 22.2 Å². The highest BCUT2D eigenvalue weighted by Crippen LogP contribution is 2.52. The van der Waals surface area contributed by atoms with Crippen LogP contribution in [0.3, 0.4) is 0 Å². The summed E-state index contributed by atoms with van der Waals surface area (Å²) >= 11 is 0. The standard InChI is InChI=1S/C32H31N5O3/c1-40-26-9-5-8-24(17-26)32(13-14-32)12-10-28-31(39)37(29(20-34-28)22-6-3-2-4-7-22)21-30(38)35-19-25-16-23-18-33-15-11-27(23)36-25/h2-9,11,15-18,20,36H,10,12-14,19,21H2,1H3,(H,35,38). The number of benzene rings is 2. The van der Waals surface area contributed by atoms with Crippen LogP contribution in [0.2, 0.25) is 0 Å². The second-order valence-corrected chi connectivity index (χ2v) is 10.4. The normalized spacial score (nSPS) is 13.7. The highest BCUT2D eigenvalue weighted by molar-refractivity contribution is 5.80. The summed E-state index contributed by atoms with van der Waals surface area (Å²) in [5.74, 6) is 0.592. The van der Waals surface area contributed by atoms with E-state index in [4.69, 9.17) is 4.74 Å². The molecule has 40 heavy (non-hydrogen) atoms. The summed E-state index contributed by atoms with van der Waals surface area (Å²) in [6, 6.07) is 21.6. The molecule has 3 heterocycles. The van der Waals surface area contributed by atoms with Crippen molar-refractivity contribution >= 4 is 16.8 Å². The summed E-state index contributed by atoms with van der Waals surface area (Å²) in [6.45, 7) is 0.228. The second-order valence-electron chi connectivity index (χ2n) is 10.4. The van der Waals surface area contributed by atoms with Crippen LogP contribution < -0.4 is 15.6 Å². The van der Waals surface area contributed by atoms with Gasteiger partial charge in [-0.15, -0.1) is 0 Å². The molecule has 8 nitrogen and oxygen atoms in total. The molecule has 5 aromatic rings. The number of ether oxygens (including phenoxy) is 1. The molecule has 1 fully saturated rings. The van der Waals surface area contributed by atoms with Crippen LogP contribution in [-0.2, 0) is 29.7 Å². The van der Waals surface area contributed by atoms with Crippen molar-refractivity contribution in [3.63, 3.8) is 0 Å². The van der Waals surface area contributed by atoms with Crippen LogP contribution in [-0.4, -0.2) is 32.5 Å². The van der Waals surface area contributed by atoms with Gasteiger partial charge in [-0.25, -0.2) is 0 Å². The lowest BCUT2D eigenvalue weighted by atomic mass is 9.90. The lowest BCUT2D eigenvalue weighted by Crippen LogP contribution is -2.35. The molecule has 2 aromatic carbocycles. The van der Waals surface area contributed by atoms with Gasteiger partial charge < -0.3 is 15.0 Å². The molecule has 8 heteroatoms. The molecule has 3 aromatic heterocycles. The van der Waals surface area contributed by atoms with Crippen LogP contribution in [0.15, 0.2) is 90.1 Å². The van der Waals surface area contributed by atoms with Crippen molar-refractivity contribution in [1.82, 2.24) is 24.8 Å². The Morgan fingerprint density at radius 3 is 2.70 bits per heavy atom. The predicted octanol–water partition coefficient (Wildman–Crippen LogP) is 4.78. The van der Waals surface area contributed by atoms with Gasteiger partial charge in [0, 0.05) is 29.0 Å². The summed E-state index contributed by atoms with van der Waals surface area (Å²) < 4.78 is 6.97. The number of aromatic nitrogens is 4. The van der Waals surface area contributed by atoms with E-state index in [9.17, 15) is 9.59 Å². The van der Waals surface area contributed by atoms with Crippen LogP contribution >= 0.6 is 0 Å². The molecular weight excluding hydrogens is 502 g/mol. The number of hydrogen-bond acceptors (Lipinski definition) is 5. The SMILES string of the molecule is COc1cccc(C2(CCc3ncc(-c4ccccc4)n(CC(=O)NCc4cc5cnccc5[nH]4)c3=O)CC2)c1. The zero-order valence-electron chi connectivity index (χ0n) is 22.4. The summed E-state index contributed by atoms with van der Waals surface area (Å²) in [4.78, 5) is 38.9. The van der Waals surface area contributed by atoms with Gasteiger partial charge in [-0.1, -0.05) is 42.5 Å². The van der Waals surface area contributed by atoms with E-state index in [-0.39, 0.29) is 23.4 Å². The van der Waals surface area contributed by atoms with E-state index in [0.29, 0.717) is 24.4 Å². The van der Waals surface area contributed by atoms with Gasteiger partial charge in [-0.3, -0.25) is 24.1 Å². The highest BCUT2D eigenvalue weighted by Gasteiger charge is 2.44. The number of amides is 1. The Labute approximate surface area is 232 Å². The number of carbonyl (C=O) groups excluding carboxylic acids is 1. The largest absolute Gasteiger partial charge is 0.497 e. The maximum atomic E-state index is 13.8. The molecule has 1 aliphatic carbocycles. The number of hydrogen-bond donors (Lipinski definition) is 2. The average Bonchev–Trinajstić information content (AvgIpc) is 3.67. The molecule has 0 aliphatic heterocycles. The van der Waals surface area contributed by atoms with E-state index < -0.39 is 0 Å². The first-order valence-corrected chi connectivity index (χ1v) is 13.5. The van der Waals surface area contributed by atoms with Crippen LogP contribution in [0, 0.1) is 0 Å². The minimum Gasteiger partial charge on any atom is -0.497 e. The zero-order valence-corrected chi connectivity index (χ0v) is 22.4. The Bertz CT molecular complexity index is 1690. The fourth-order valence-electron chi connectivity index (χ4n) is 5.36. The second kappa shape index (κ2) is 10.8. The van der Waals surface area contributed by atoms with E-state index in [0.717, 1.165) is 47.2 Å². The number of pyridine rings is 1. The lowest BCUT2D eigenvalue weighted by Gasteiger charge is -2.18. The minimum atomic E-state index is -0.247. The predicted molar refractivity (Wildman–Crippen MR) is 154 cm³/mol. The number of nitrogens with zero attached hydrogens (tertiary/aromatic N) is 3. The molecule has 0 spiro atoms. The van der Waals surface area contributed by atoms with Crippen molar-refractivity contribution in [3.05, 3.63) is 113 Å². The summed E-state index contributed by atoms with van der Waals surface area (Å²) in [6.07, 6.45) is 8.72.